The lowest BCUT2D eigenvalue weighted by atomic mass is 9.73. The van der Waals surface area contributed by atoms with E-state index in [9.17, 15) is 24.0 Å². The maximum absolute atomic E-state index is 14.3. The number of nitrogens with two attached hydrogens (primary N) is 1. The average molecular weight is 558 g/mol. The van der Waals surface area contributed by atoms with Gasteiger partial charge >= 0.3 is 0 Å². The molecule has 2 aliphatic heterocycles. The van der Waals surface area contributed by atoms with Gasteiger partial charge < -0.3 is 10.6 Å². The van der Waals surface area contributed by atoms with Crippen molar-refractivity contribution in [3.05, 3.63) is 0 Å². The van der Waals surface area contributed by atoms with E-state index in [4.69, 9.17) is 5.73 Å². The van der Waals surface area contributed by atoms with Crippen LogP contribution in [0.1, 0.15) is 112 Å². The summed E-state index contributed by atoms with van der Waals surface area (Å²) in [6, 6.07) is -0.668. The van der Waals surface area contributed by atoms with Gasteiger partial charge in [0.1, 0.15) is 5.78 Å². The summed E-state index contributed by atoms with van der Waals surface area (Å²) in [7, 11) is 2.11. The van der Waals surface area contributed by atoms with Crippen molar-refractivity contribution in [1.29, 1.82) is 0 Å². The molecule has 0 aromatic heterocycles. The van der Waals surface area contributed by atoms with Crippen LogP contribution in [0.2, 0.25) is 0 Å². The molecule has 0 bridgehead atoms. The molecule has 8 nitrogen and oxygen atoms in total. The number of rotatable bonds is 11. The molecule has 40 heavy (non-hydrogen) atoms. The van der Waals surface area contributed by atoms with Gasteiger partial charge in [0.15, 0.2) is 5.78 Å². The van der Waals surface area contributed by atoms with Gasteiger partial charge in [-0.25, -0.2) is 0 Å². The molecule has 4 rings (SSSR count). The van der Waals surface area contributed by atoms with Crippen LogP contribution >= 0.6 is 0 Å². The van der Waals surface area contributed by atoms with Crippen LogP contribution in [0.25, 0.3) is 0 Å². The van der Waals surface area contributed by atoms with Crippen LogP contribution in [0, 0.1) is 28.6 Å². The number of hydrogen-bond acceptors (Lipinski definition) is 6. The molecule has 2 amide bonds. The first-order chi connectivity index (χ1) is 18.4. The van der Waals surface area contributed by atoms with Crippen molar-refractivity contribution in [2.75, 3.05) is 13.6 Å². The summed E-state index contributed by atoms with van der Waals surface area (Å²) in [5, 5.41) is 0. The Hall–Kier alpha value is -2.09. The van der Waals surface area contributed by atoms with Gasteiger partial charge in [-0.05, 0) is 55.9 Å². The molecule has 224 valence electrons. The Bertz CT molecular complexity index is 1060. The summed E-state index contributed by atoms with van der Waals surface area (Å²) in [6.07, 6.45) is 7.82. The molecule has 2 spiro atoms. The van der Waals surface area contributed by atoms with Crippen molar-refractivity contribution < 1.29 is 24.0 Å². The molecular weight excluding hydrogens is 506 g/mol. The lowest BCUT2D eigenvalue weighted by molar-refractivity contribution is -0.147. The van der Waals surface area contributed by atoms with Crippen LogP contribution in [0.15, 0.2) is 0 Å². The Balaban J connectivity index is 1.59. The third-order valence-electron chi connectivity index (χ3n) is 10.4. The van der Waals surface area contributed by atoms with E-state index >= 15 is 0 Å². The minimum atomic E-state index is -0.993. The highest BCUT2D eigenvalue weighted by atomic mass is 16.2. The van der Waals surface area contributed by atoms with Crippen molar-refractivity contribution >= 4 is 29.2 Å². The minimum absolute atomic E-state index is 0.0582. The van der Waals surface area contributed by atoms with Crippen LogP contribution in [0.5, 0.6) is 0 Å². The number of carbonyl (C=O) groups is 5. The molecule has 2 saturated heterocycles. The smallest absolute Gasteiger partial charge is 0.285 e. The van der Waals surface area contributed by atoms with E-state index in [1.807, 2.05) is 41.5 Å². The zero-order chi connectivity index (χ0) is 29.8. The Morgan fingerprint density at radius 2 is 1.57 bits per heavy atom. The molecule has 4 atom stereocenters. The highest BCUT2D eigenvalue weighted by Gasteiger charge is 2.69. The second-order valence-electron chi connectivity index (χ2n) is 15.9. The Kier molecular flexibility index (Phi) is 8.20. The lowest BCUT2D eigenvalue weighted by Gasteiger charge is -2.56. The third-order valence-corrected chi connectivity index (χ3v) is 10.4. The maximum atomic E-state index is 14.3. The van der Waals surface area contributed by atoms with E-state index in [1.165, 1.54) is 0 Å². The Morgan fingerprint density at radius 1 is 0.950 bits per heavy atom. The largest absolute Gasteiger partial charge is 0.363 e. The second kappa shape index (κ2) is 10.6. The summed E-state index contributed by atoms with van der Waals surface area (Å²) in [6.45, 7) is 12.5. The minimum Gasteiger partial charge on any atom is -0.363 e. The van der Waals surface area contributed by atoms with Gasteiger partial charge in [0.25, 0.3) is 5.91 Å². The molecule has 0 aromatic carbocycles. The number of nitrogens with zero attached hydrogens (tertiary/aromatic N) is 2. The van der Waals surface area contributed by atoms with Crippen LogP contribution in [-0.4, -0.2) is 69.7 Å². The highest BCUT2D eigenvalue weighted by molar-refractivity contribution is 6.36. The molecule has 0 radical (unpaired) electrons. The van der Waals surface area contributed by atoms with E-state index in [1.54, 1.807) is 4.90 Å². The van der Waals surface area contributed by atoms with Crippen molar-refractivity contribution in [2.45, 2.75) is 129 Å². The number of amides is 2. The lowest BCUT2D eigenvalue weighted by Crippen LogP contribution is -2.67. The molecule has 2 aliphatic carbocycles. The van der Waals surface area contributed by atoms with E-state index < -0.39 is 35.0 Å². The highest BCUT2D eigenvalue weighted by Crippen LogP contribution is 2.62. The predicted octanol–water partition coefficient (Wildman–Crippen LogP) is 4.07. The number of likely N-dealkylation sites (tertiary alicyclic amines) is 2. The van der Waals surface area contributed by atoms with Gasteiger partial charge in [0, 0.05) is 48.7 Å². The van der Waals surface area contributed by atoms with Gasteiger partial charge in [0.05, 0.1) is 6.04 Å². The summed E-state index contributed by atoms with van der Waals surface area (Å²) >= 11 is 0. The second-order valence-corrected chi connectivity index (χ2v) is 15.9. The molecule has 2 heterocycles. The van der Waals surface area contributed by atoms with E-state index in [2.05, 4.69) is 11.9 Å². The average Bonchev–Trinajstić information content (AvgIpc) is 3.49. The molecule has 4 aliphatic rings. The van der Waals surface area contributed by atoms with Crippen molar-refractivity contribution in [1.82, 2.24) is 9.80 Å². The first kappa shape index (κ1) is 30.9. The molecule has 2 unspecified atom stereocenters. The number of likely N-dealkylation sites (N-methyl/N-ethyl adjacent to an activating group) is 1. The summed E-state index contributed by atoms with van der Waals surface area (Å²) in [5.74, 6) is -2.87. The van der Waals surface area contributed by atoms with Crippen LogP contribution < -0.4 is 5.73 Å². The van der Waals surface area contributed by atoms with Gasteiger partial charge in [-0.1, -0.05) is 60.8 Å². The summed E-state index contributed by atoms with van der Waals surface area (Å²) in [4.78, 5) is 70.1. The number of ketones is 3. The molecule has 2 N–H and O–H groups in total. The van der Waals surface area contributed by atoms with Gasteiger partial charge in [0.2, 0.25) is 11.7 Å². The SMILES string of the molecule is CN1C2(CC2)CC12C[C@@H](C(=O)CC(CC1CCC1)C(=O)C(N)=O)N(C(=O)[C@@H](CC(=O)CC(C)(C)C)C(C)(C)C)C2. The van der Waals surface area contributed by atoms with Gasteiger partial charge in [-0.2, -0.15) is 0 Å². The fourth-order valence-electron chi connectivity index (χ4n) is 7.62. The Labute approximate surface area is 240 Å². The van der Waals surface area contributed by atoms with Gasteiger partial charge in [-0.15, -0.1) is 0 Å². The topological polar surface area (TPSA) is 118 Å². The summed E-state index contributed by atoms with van der Waals surface area (Å²) in [5.41, 5.74) is 4.68. The predicted molar refractivity (Wildman–Crippen MR) is 153 cm³/mol. The molecule has 0 aromatic rings. The summed E-state index contributed by atoms with van der Waals surface area (Å²) < 4.78 is 0. The zero-order valence-electron chi connectivity index (χ0n) is 25.8. The van der Waals surface area contributed by atoms with Crippen LogP contribution in [-0.2, 0) is 24.0 Å². The van der Waals surface area contributed by atoms with E-state index in [-0.39, 0.29) is 46.8 Å². The van der Waals surface area contributed by atoms with Crippen LogP contribution in [0.4, 0.5) is 0 Å². The maximum Gasteiger partial charge on any atom is 0.285 e. The molecule has 2 saturated carbocycles. The van der Waals surface area contributed by atoms with E-state index in [0.717, 1.165) is 38.5 Å². The number of carbonyl (C=O) groups excluding carboxylic acids is 5. The first-order valence-corrected chi connectivity index (χ1v) is 15.3. The van der Waals surface area contributed by atoms with Gasteiger partial charge in [-0.3, -0.25) is 28.9 Å². The molecule has 4 fully saturated rings. The monoisotopic (exact) mass is 557 g/mol. The molecular formula is C32H51N3O5. The fraction of sp³-hybridized carbons (Fsp3) is 0.844. The van der Waals surface area contributed by atoms with Crippen LogP contribution in [0.3, 0.4) is 0 Å². The quantitative estimate of drug-likeness (QED) is 0.383. The first-order valence-electron chi connectivity index (χ1n) is 15.3. The van der Waals surface area contributed by atoms with Crippen molar-refractivity contribution in [2.24, 2.45) is 34.3 Å². The number of hydrogen-bond donors (Lipinski definition) is 1. The standard InChI is InChI=1S/C32H51N3O5/c1-29(2,3)16-22(36)15-23(30(4,5)6)28(40)35-19-32(18-31(11-12-31)34(32)7)17-24(35)25(37)14-21(26(38)27(33)39)13-20-9-8-10-20/h20-21,23-24H,8-19H2,1-7H3,(H2,33,39)/t21?,23-,24+,32?/m1/s1. The van der Waals surface area contributed by atoms with E-state index in [0.29, 0.717) is 31.7 Å². The number of Topliss-reactive ketones (excluding diaryl/α,β-unsaturated/α-hetero) is 3. The van der Waals surface area contributed by atoms with Crippen molar-refractivity contribution in [3.8, 4) is 0 Å². The number of primary amides is 1. The third kappa shape index (κ3) is 6.22. The Morgan fingerprint density at radius 3 is 2.02 bits per heavy atom. The fourth-order valence-corrected chi connectivity index (χ4v) is 7.62. The zero-order valence-corrected chi connectivity index (χ0v) is 25.8. The normalized spacial score (nSPS) is 27.7. The molecule has 8 heteroatoms. The van der Waals surface area contributed by atoms with Crippen molar-refractivity contribution in [3.63, 3.8) is 0 Å².